The van der Waals surface area contributed by atoms with Crippen LogP contribution >= 0.6 is 0 Å². The number of anilines is 1. The summed E-state index contributed by atoms with van der Waals surface area (Å²) in [6.07, 6.45) is 5.06. The van der Waals surface area contributed by atoms with Gasteiger partial charge in [0.25, 0.3) is 5.91 Å². The molecule has 4 aromatic heterocycles. The maximum absolute atomic E-state index is 13.3. The Morgan fingerprint density at radius 1 is 0.902 bits per heavy atom. The van der Waals surface area contributed by atoms with Crippen molar-refractivity contribution in [2.24, 2.45) is 0 Å². The van der Waals surface area contributed by atoms with Crippen LogP contribution in [0.3, 0.4) is 0 Å². The number of pyridine rings is 2. The molecule has 0 aliphatic carbocycles. The molecule has 0 radical (unpaired) electrons. The average molecular weight is 554 g/mol. The summed E-state index contributed by atoms with van der Waals surface area (Å²) in [5.41, 5.74) is 5.22. The first-order valence-electron chi connectivity index (χ1n) is 13.4. The lowest BCUT2D eigenvalue weighted by molar-refractivity contribution is 0.0304. The third kappa shape index (κ3) is 4.85. The van der Waals surface area contributed by atoms with Gasteiger partial charge in [-0.2, -0.15) is 5.10 Å². The number of benzene rings is 1. The van der Waals surface area contributed by atoms with E-state index >= 15 is 0 Å². The van der Waals surface area contributed by atoms with Crippen LogP contribution in [0.25, 0.3) is 44.7 Å². The normalized spacial score (nSPS) is 15.9. The minimum Gasteiger partial charge on any atom is -0.378 e. The summed E-state index contributed by atoms with van der Waals surface area (Å²) in [6.45, 7) is 4.32. The SMILES string of the molecule is O=C(Nc1cncc(-c2cnc3[nH]nc(-c4nc5c(C(=O)N6CCOCC6)cccc5[nH]4)c3c2)c1)N1CCOCC1. The van der Waals surface area contributed by atoms with Gasteiger partial charge in [0.15, 0.2) is 11.5 Å². The van der Waals surface area contributed by atoms with Crippen molar-refractivity contribution >= 4 is 39.7 Å². The molecule has 6 heterocycles. The number of nitrogens with one attached hydrogen (secondary N) is 3. The molecular weight excluding hydrogens is 526 g/mol. The number of nitrogens with zero attached hydrogens (tertiary/aromatic N) is 6. The predicted octanol–water partition coefficient (Wildman–Crippen LogP) is 2.90. The first-order valence-corrected chi connectivity index (χ1v) is 13.4. The molecule has 0 saturated carbocycles. The van der Waals surface area contributed by atoms with Gasteiger partial charge < -0.3 is 29.6 Å². The second-order valence-electron chi connectivity index (χ2n) is 9.88. The molecule has 2 saturated heterocycles. The van der Waals surface area contributed by atoms with E-state index in [9.17, 15) is 9.59 Å². The second-order valence-corrected chi connectivity index (χ2v) is 9.88. The monoisotopic (exact) mass is 553 g/mol. The smallest absolute Gasteiger partial charge is 0.322 e. The minimum absolute atomic E-state index is 0.0686. The van der Waals surface area contributed by atoms with E-state index in [1.807, 2.05) is 24.3 Å². The lowest BCUT2D eigenvalue weighted by Crippen LogP contribution is -2.43. The van der Waals surface area contributed by atoms with Gasteiger partial charge in [0.05, 0.1) is 54.8 Å². The number of rotatable bonds is 4. The summed E-state index contributed by atoms with van der Waals surface area (Å²) in [5, 5.41) is 11.1. The molecule has 5 aromatic rings. The molecule has 2 aliphatic rings. The van der Waals surface area contributed by atoms with Crippen molar-refractivity contribution in [3.05, 3.63) is 54.5 Å². The Morgan fingerprint density at radius 2 is 1.66 bits per heavy atom. The van der Waals surface area contributed by atoms with Crippen molar-refractivity contribution in [2.75, 3.05) is 57.9 Å². The Kier molecular flexibility index (Phi) is 6.49. The zero-order valence-corrected chi connectivity index (χ0v) is 22.1. The Bertz CT molecular complexity index is 1750. The third-order valence-corrected chi connectivity index (χ3v) is 7.30. The van der Waals surface area contributed by atoms with Crippen molar-refractivity contribution in [3.63, 3.8) is 0 Å². The summed E-state index contributed by atoms with van der Waals surface area (Å²) >= 11 is 0. The zero-order chi connectivity index (χ0) is 27.8. The number of aromatic amines is 2. The van der Waals surface area contributed by atoms with E-state index in [1.165, 1.54) is 0 Å². The molecule has 3 amide bonds. The minimum atomic E-state index is -0.186. The molecule has 7 rings (SSSR count). The largest absolute Gasteiger partial charge is 0.378 e. The standard InChI is InChI=1S/C28H27N9O4/c38-27(36-4-8-40-9-5-36)20-2-1-3-22-23(20)33-26(32-22)24-21-13-18(15-30-25(21)35-34-24)17-12-19(16-29-14-17)31-28(39)37-6-10-41-11-7-37/h1-3,12-16H,4-11H2,(H,31,39)(H,32,33)(H,30,34,35). The number of imidazole rings is 1. The van der Waals surface area contributed by atoms with Crippen LogP contribution in [0.2, 0.25) is 0 Å². The van der Waals surface area contributed by atoms with Crippen molar-refractivity contribution < 1.29 is 19.1 Å². The van der Waals surface area contributed by atoms with E-state index in [0.717, 1.165) is 22.0 Å². The molecule has 41 heavy (non-hydrogen) atoms. The summed E-state index contributed by atoms with van der Waals surface area (Å²) in [4.78, 5) is 46.4. The molecule has 0 spiro atoms. The Morgan fingerprint density at radius 3 is 2.46 bits per heavy atom. The zero-order valence-electron chi connectivity index (χ0n) is 22.1. The maximum Gasteiger partial charge on any atom is 0.322 e. The van der Waals surface area contributed by atoms with E-state index in [0.29, 0.717) is 86.5 Å². The maximum atomic E-state index is 13.3. The van der Waals surface area contributed by atoms with Gasteiger partial charge in [-0.05, 0) is 24.3 Å². The van der Waals surface area contributed by atoms with Gasteiger partial charge in [-0.1, -0.05) is 6.07 Å². The molecule has 2 aliphatic heterocycles. The lowest BCUT2D eigenvalue weighted by atomic mass is 10.1. The van der Waals surface area contributed by atoms with E-state index in [-0.39, 0.29) is 11.9 Å². The number of aromatic nitrogens is 6. The van der Waals surface area contributed by atoms with Crippen molar-refractivity contribution in [1.29, 1.82) is 0 Å². The summed E-state index contributed by atoms with van der Waals surface area (Å²) in [6, 6.07) is 9.16. The number of hydrogen-bond donors (Lipinski definition) is 3. The number of hydrogen-bond acceptors (Lipinski definition) is 8. The summed E-state index contributed by atoms with van der Waals surface area (Å²) in [5.74, 6) is 0.456. The Balaban J connectivity index is 1.19. The first kappa shape index (κ1) is 25.1. The molecule has 13 heteroatoms. The molecule has 0 unspecified atom stereocenters. The molecule has 0 atom stereocenters. The van der Waals surface area contributed by atoms with E-state index in [1.54, 1.807) is 34.5 Å². The topological polar surface area (TPSA) is 154 Å². The number of carbonyl (C=O) groups excluding carboxylic acids is 2. The number of urea groups is 1. The first-order chi connectivity index (χ1) is 20.1. The fraction of sp³-hybridized carbons (Fsp3) is 0.286. The second kappa shape index (κ2) is 10.6. The number of morpholine rings is 2. The van der Waals surface area contributed by atoms with Gasteiger partial charge in [-0.3, -0.25) is 14.9 Å². The molecule has 13 nitrogen and oxygen atoms in total. The molecular formula is C28H27N9O4. The van der Waals surface area contributed by atoms with Crippen molar-refractivity contribution in [1.82, 2.24) is 39.9 Å². The van der Waals surface area contributed by atoms with Crippen LogP contribution in [0.4, 0.5) is 10.5 Å². The number of amides is 3. The third-order valence-electron chi connectivity index (χ3n) is 7.30. The van der Waals surface area contributed by atoms with E-state index in [2.05, 4.69) is 30.5 Å². The summed E-state index contributed by atoms with van der Waals surface area (Å²) in [7, 11) is 0. The predicted molar refractivity (Wildman–Crippen MR) is 150 cm³/mol. The van der Waals surface area contributed by atoms with Crippen molar-refractivity contribution in [2.45, 2.75) is 0 Å². The van der Waals surface area contributed by atoms with Gasteiger partial charge in [0.1, 0.15) is 11.2 Å². The van der Waals surface area contributed by atoms with Crippen LogP contribution in [-0.4, -0.2) is 104 Å². The number of carbonyl (C=O) groups is 2. The van der Waals surface area contributed by atoms with Crippen LogP contribution in [0.5, 0.6) is 0 Å². The Hall–Kier alpha value is -4.88. The average Bonchev–Trinajstić information content (AvgIpc) is 3.65. The van der Waals surface area contributed by atoms with Gasteiger partial charge in [0, 0.05) is 49.7 Å². The fourth-order valence-corrected chi connectivity index (χ4v) is 5.13. The molecule has 208 valence electrons. The molecule has 0 bridgehead atoms. The van der Waals surface area contributed by atoms with Crippen LogP contribution in [-0.2, 0) is 9.47 Å². The quantitative estimate of drug-likeness (QED) is 0.307. The summed E-state index contributed by atoms with van der Waals surface area (Å²) < 4.78 is 10.7. The Labute approximate surface area is 233 Å². The molecule has 1 aromatic carbocycles. The van der Waals surface area contributed by atoms with Crippen LogP contribution in [0, 0.1) is 0 Å². The van der Waals surface area contributed by atoms with E-state index in [4.69, 9.17) is 14.5 Å². The van der Waals surface area contributed by atoms with Gasteiger partial charge in [0.2, 0.25) is 0 Å². The lowest BCUT2D eigenvalue weighted by Gasteiger charge is -2.26. The van der Waals surface area contributed by atoms with Crippen LogP contribution in [0.1, 0.15) is 10.4 Å². The fourth-order valence-electron chi connectivity index (χ4n) is 5.13. The van der Waals surface area contributed by atoms with Gasteiger partial charge in [-0.15, -0.1) is 0 Å². The van der Waals surface area contributed by atoms with Gasteiger partial charge >= 0.3 is 6.03 Å². The van der Waals surface area contributed by atoms with E-state index < -0.39 is 0 Å². The number of ether oxygens (including phenoxy) is 2. The van der Waals surface area contributed by atoms with Gasteiger partial charge in [-0.25, -0.2) is 14.8 Å². The van der Waals surface area contributed by atoms with Crippen LogP contribution < -0.4 is 5.32 Å². The highest BCUT2D eigenvalue weighted by Gasteiger charge is 2.23. The number of para-hydroxylation sites is 1. The van der Waals surface area contributed by atoms with Crippen molar-refractivity contribution in [3.8, 4) is 22.6 Å². The van der Waals surface area contributed by atoms with Crippen LogP contribution in [0.15, 0.2) is 48.9 Å². The molecule has 3 N–H and O–H groups in total. The number of fused-ring (bicyclic) bond motifs is 2. The highest BCUT2D eigenvalue weighted by molar-refractivity contribution is 6.06. The molecule has 2 fully saturated rings. The number of H-pyrrole nitrogens is 2. The highest BCUT2D eigenvalue weighted by Crippen LogP contribution is 2.30. The highest BCUT2D eigenvalue weighted by atomic mass is 16.5.